The van der Waals surface area contributed by atoms with Gasteiger partial charge in [0, 0.05) is 16.6 Å². The van der Waals surface area contributed by atoms with Crippen LogP contribution in [0.3, 0.4) is 0 Å². The molecule has 0 radical (unpaired) electrons. The first-order valence-corrected chi connectivity index (χ1v) is 13.6. The summed E-state index contributed by atoms with van der Waals surface area (Å²) in [6.45, 7) is 9.24. The molecule has 0 saturated carbocycles. The number of methoxy groups -OCH3 is 1. The van der Waals surface area contributed by atoms with Crippen LogP contribution in [0.1, 0.15) is 75.6 Å². The summed E-state index contributed by atoms with van der Waals surface area (Å²) >= 11 is 0. The molecule has 8 heteroatoms. The Morgan fingerprint density at radius 1 is 1.26 bits per heavy atom. The zero-order valence-corrected chi connectivity index (χ0v) is 23.2. The van der Waals surface area contributed by atoms with Crippen molar-refractivity contribution in [3.05, 3.63) is 52.9 Å². The molecule has 2 N–H and O–H groups in total. The number of aromatic amines is 1. The van der Waals surface area contributed by atoms with Crippen molar-refractivity contribution in [2.75, 3.05) is 39.8 Å². The number of alkyl halides is 2. The number of rotatable bonds is 9. The first-order valence-electron chi connectivity index (χ1n) is 13.6. The Kier molecular flexibility index (Phi) is 8.40. The summed E-state index contributed by atoms with van der Waals surface area (Å²) in [4.78, 5) is 19.3. The predicted octanol–water partition coefficient (Wildman–Crippen LogP) is 6.31. The van der Waals surface area contributed by atoms with E-state index in [2.05, 4.69) is 48.0 Å². The molecule has 2 saturated heterocycles. The molecule has 0 spiro atoms. The number of hydrogen-bond donors (Lipinski definition) is 2. The molecule has 1 amide bonds. The molecular weight excluding hydrogens is 486 g/mol. The largest absolute Gasteiger partial charge is 0.495 e. The van der Waals surface area contributed by atoms with Crippen LogP contribution in [0.4, 0.5) is 8.78 Å². The van der Waals surface area contributed by atoms with Crippen molar-refractivity contribution in [3.8, 4) is 0 Å². The number of nitrogens with one attached hydrogen (secondary N) is 2. The summed E-state index contributed by atoms with van der Waals surface area (Å²) < 4.78 is 31.7. The number of nitrogens with zero attached hydrogens (tertiary/aromatic N) is 2. The highest BCUT2D eigenvalue weighted by atomic mass is 19.3. The third-order valence-corrected chi connectivity index (χ3v) is 7.81. The second-order valence-corrected chi connectivity index (χ2v) is 10.8. The number of carbonyl (C=O) groups excluding carboxylic acids is 1. The first-order chi connectivity index (χ1) is 18.1. The summed E-state index contributed by atoms with van der Waals surface area (Å²) in [5.41, 5.74) is 6.14. The molecule has 1 aromatic heterocycles. The van der Waals surface area contributed by atoms with Crippen molar-refractivity contribution in [1.29, 1.82) is 5.41 Å². The number of allylic oxidation sites excluding steroid dienone is 4. The second kappa shape index (κ2) is 11.4. The van der Waals surface area contributed by atoms with Crippen molar-refractivity contribution >= 4 is 28.1 Å². The number of carbonyl (C=O) groups is 1. The van der Waals surface area contributed by atoms with Crippen LogP contribution in [-0.4, -0.2) is 72.2 Å². The molecule has 2 aliphatic heterocycles. The van der Waals surface area contributed by atoms with Crippen LogP contribution in [0.25, 0.3) is 16.5 Å². The third-order valence-electron chi connectivity index (χ3n) is 7.81. The minimum Gasteiger partial charge on any atom is -0.495 e. The van der Waals surface area contributed by atoms with Gasteiger partial charge in [0.15, 0.2) is 0 Å². The van der Waals surface area contributed by atoms with Crippen LogP contribution in [0.15, 0.2) is 36.1 Å². The van der Waals surface area contributed by atoms with Gasteiger partial charge in [0.05, 0.1) is 32.5 Å². The lowest BCUT2D eigenvalue weighted by Gasteiger charge is -2.40. The van der Waals surface area contributed by atoms with Gasteiger partial charge in [-0.25, -0.2) is 8.78 Å². The quantitative estimate of drug-likeness (QED) is 0.228. The molecule has 0 atom stereocenters. The fraction of sp³-hybridized carbons (Fsp3) is 0.533. The molecule has 0 aliphatic carbocycles. The molecule has 2 aromatic rings. The van der Waals surface area contributed by atoms with Crippen molar-refractivity contribution in [3.63, 3.8) is 0 Å². The summed E-state index contributed by atoms with van der Waals surface area (Å²) in [5.74, 6) is -1.66. The number of H-pyrrole nitrogens is 1. The zero-order chi connectivity index (χ0) is 27.6. The van der Waals surface area contributed by atoms with Gasteiger partial charge >= 0.3 is 0 Å². The Balaban J connectivity index is 1.52. The molecule has 2 fully saturated rings. The van der Waals surface area contributed by atoms with Gasteiger partial charge in [0.25, 0.3) is 5.92 Å². The van der Waals surface area contributed by atoms with Crippen LogP contribution < -0.4 is 0 Å². The van der Waals surface area contributed by atoms with Gasteiger partial charge in [-0.15, -0.1) is 0 Å². The van der Waals surface area contributed by atoms with Gasteiger partial charge in [-0.2, -0.15) is 0 Å². The van der Waals surface area contributed by atoms with Gasteiger partial charge in [0.2, 0.25) is 5.91 Å². The fourth-order valence-electron chi connectivity index (χ4n) is 5.60. The number of aromatic nitrogens is 1. The van der Waals surface area contributed by atoms with Crippen molar-refractivity contribution in [1.82, 2.24) is 14.8 Å². The van der Waals surface area contributed by atoms with E-state index in [9.17, 15) is 13.6 Å². The van der Waals surface area contributed by atoms with Crippen molar-refractivity contribution < 1.29 is 18.3 Å². The summed E-state index contributed by atoms with van der Waals surface area (Å²) in [6, 6.07) is 6.65. The minimum atomic E-state index is -2.72. The highest BCUT2D eigenvalue weighted by molar-refractivity contribution is 5.99. The second-order valence-electron chi connectivity index (χ2n) is 10.8. The molecule has 38 heavy (non-hydrogen) atoms. The maximum absolute atomic E-state index is 13.1. The monoisotopic (exact) mass is 526 g/mol. The average Bonchev–Trinajstić information content (AvgIpc) is 3.26. The normalized spacial score (nSPS) is 19.2. The predicted molar refractivity (Wildman–Crippen MR) is 149 cm³/mol. The number of hydrogen-bond acceptors (Lipinski definition) is 4. The smallest absolute Gasteiger partial charge is 0.282 e. The lowest BCUT2D eigenvalue weighted by atomic mass is 9.87. The van der Waals surface area contributed by atoms with E-state index in [0.717, 1.165) is 42.7 Å². The number of halogens is 2. The molecular formula is C30H40F2N4O2. The Hall–Kier alpha value is -3.00. The SMILES string of the molecule is C/C=C(\C=C(\OC)C(=N)CC)c1[nH]c2ccc(C3CCN(CC(=O)N4CC(F)(F)C4)CC3)cc2c1C(C)C. The van der Waals surface area contributed by atoms with Crippen molar-refractivity contribution in [2.45, 2.75) is 64.7 Å². The van der Waals surface area contributed by atoms with Gasteiger partial charge in [-0.1, -0.05) is 32.9 Å². The van der Waals surface area contributed by atoms with E-state index in [4.69, 9.17) is 10.1 Å². The van der Waals surface area contributed by atoms with E-state index in [1.165, 1.54) is 21.4 Å². The molecule has 4 rings (SSSR count). The highest BCUT2D eigenvalue weighted by Crippen LogP contribution is 2.37. The van der Waals surface area contributed by atoms with Gasteiger partial charge in [0.1, 0.15) is 5.76 Å². The van der Waals surface area contributed by atoms with E-state index in [0.29, 0.717) is 23.8 Å². The molecule has 0 unspecified atom stereocenters. The van der Waals surface area contributed by atoms with Gasteiger partial charge < -0.3 is 20.0 Å². The van der Waals surface area contributed by atoms with Crippen LogP contribution in [-0.2, 0) is 9.53 Å². The lowest BCUT2D eigenvalue weighted by molar-refractivity contribution is -0.166. The van der Waals surface area contributed by atoms with Crippen LogP contribution in [0.2, 0.25) is 0 Å². The standard InChI is InChI=1S/C30H40F2N4O2/c1-6-20(15-26(38-5)24(33)7-2)29-28(19(3)4)23-14-22(8-9-25(23)34-29)21-10-12-35(13-11-21)16-27(37)36-17-30(31,32)18-36/h6,8-9,14-15,19,21,33-34H,7,10-13,16-18H2,1-5H3/b20-6+,26-15+,33-24?. The number of fused-ring (bicyclic) bond motifs is 1. The number of piperidine rings is 1. The average molecular weight is 527 g/mol. The van der Waals surface area contributed by atoms with Crippen LogP contribution >= 0.6 is 0 Å². The van der Waals surface area contributed by atoms with Gasteiger partial charge in [-0.05, 0) is 86.0 Å². The number of ether oxygens (including phenoxy) is 1. The first kappa shape index (κ1) is 28.0. The fourth-order valence-corrected chi connectivity index (χ4v) is 5.60. The van der Waals surface area contributed by atoms with Crippen molar-refractivity contribution in [2.24, 2.45) is 0 Å². The minimum absolute atomic E-state index is 0.197. The summed E-state index contributed by atoms with van der Waals surface area (Å²) in [6.07, 6.45) is 6.47. The van der Waals surface area contributed by atoms with E-state index in [-0.39, 0.29) is 18.4 Å². The topological polar surface area (TPSA) is 72.4 Å². The van der Waals surface area contributed by atoms with Gasteiger partial charge in [-0.3, -0.25) is 9.69 Å². The molecule has 206 valence electrons. The Bertz CT molecular complexity index is 1240. The number of likely N-dealkylation sites (tertiary alicyclic amines) is 2. The van der Waals surface area contributed by atoms with E-state index in [1.807, 2.05) is 19.9 Å². The van der Waals surface area contributed by atoms with Crippen LogP contribution in [0.5, 0.6) is 0 Å². The maximum atomic E-state index is 13.1. The molecule has 1 aromatic carbocycles. The molecule has 3 heterocycles. The molecule has 2 aliphatic rings. The summed E-state index contributed by atoms with van der Waals surface area (Å²) in [5, 5.41) is 9.44. The Morgan fingerprint density at radius 2 is 1.95 bits per heavy atom. The molecule has 6 nitrogen and oxygen atoms in total. The summed E-state index contributed by atoms with van der Waals surface area (Å²) in [7, 11) is 1.61. The lowest BCUT2D eigenvalue weighted by Crippen LogP contribution is -2.60. The molecule has 0 bridgehead atoms. The Morgan fingerprint density at radius 3 is 2.50 bits per heavy atom. The van der Waals surface area contributed by atoms with E-state index in [1.54, 1.807) is 7.11 Å². The Labute approximate surface area is 224 Å². The zero-order valence-electron chi connectivity index (χ0n) is 23.2. The highest BCUT2D eigenvalue weighted by Gasteiger charge is 2.46. The number of amides is 1. The third kappa shape index (κ3) is 5.85. The number of benzene rings is 1. The van der Waals surface area contributed by atoms with E-state index < -0.39 is 19.0 Å². The van der Waals surface area contributed by atoms with Crippen LogP contribution in [0, 0.1) is 5.41 Å². The van der Waals surface area contributed by atoms with E-state index >= 15 is 0 Å². The maximum Gasteiger partial charge on any atom is 0.282 e.